The number of hydrazone groups is 1. The Balaban J connectivity index is 1.64. The lowest BCUT2D eigenvalue weighted by Gasteiger charge is -2.13. The number of nitrogens with zero attached hydrogens (tertiary/aromatic N) is 2. The Morgan fingerprint density at radius 1 is 1.03 bits per heavy atom. The summed E-state index contributed by atoms with van der Waals surface area (Å²) in [5.41, 5.74) is 3.06. The van der Waals surface area contributed by atoms with Gasteiger partial charge in [0, 0.05) is 6.07 Å². The lowest BCUT2D eigenvalue weighted by atomic mass is 10.2. The first-order valence-corrected chi connectivity index (χ1v) is 10.7. The van der Waals surface area contributed by atoms with Crippen LogP contribution in [0.2, 0.25) is 0 Å². The second-order valence-electron chi connectivity index (χ2n) is 7.11. The van der Waals surface area contributed by atoms with Crippen molar-refractivity contribution in [2.75, 3.05) is 6.61 Å². The second kappa shape index (κ2) is 11.9. The van der Waals surface area contributed by atoms with E-state index in [0.29, 0.717) is 23.5 Å². The minimum absolute atomic E-state index is 0.0221. The number of carbonyl (C=O) groups excluding carboxylic acids is 2. The van der Waals surface area contributed by atoms with E-state index in [9.17, 15) is 19.7 Å². The molecule has 3 aromatic carbocycles. The van der Waals surface area contributed by atoms with Gasteiger partial charge in [-0.05, 0) is 55.8 Å². The maximum Gasteiger partial charge on any atom is 0.343 e. The smallest absolute Gasteiger partial charge is 0.343 e. The molecule has 0 fully saturated rings. The van der Waals surface area contributed by atoms with Gasteiger partial charge in [0.15, 0.2) is 23.4 Å². The highest BCUT2D eigenvalue weighted by Gasteiger charge is 2.20. The molecule has 0 saturated heterocycles. The van der Waals surface area contributed by atoms with Crippen molar-refractivity contribution in [3.8, 4) is 17.2 Å². The highest BCUT2D eigenvalue weighted by atomic mass is 16.6. The molecular formula is C25H23N3O7. The summed E-state index contributed by atoms with van der Waals surface area (Å²) in [6.07, 6.45) is 0.341. The molecule has 3 rings (SSSR count). The third kappa shape index (κ3) is 6.87. The van der Waals surface area contributed by atoms with Gasteiger partial charge >= 0.3 is 11.7 Å². The first-order chi connectivity index (χ1) is 16.9. The van der Waals surface area contributed by atoms with Gasteiger partial charge in [0.05, 0.1) is 23.3 Å². The van der Waals surface area contributed by atoms with Crippen molar-refractivity contribution in [2.45, 2.75) is 20.0 Å². The lowest BCUT2D eigenvalue weighted by molar-refractivity contribution is -0.386. The van der Waals surface area contributed by atoms with Crippen LogP contribution in [0.25, 0.3) is 0 Å². The second-order valence-corrected chi connectivity index (χ2v) is 7.11. The normalized spacial score (nSPS) is 11.5. The van der Waals surface area contributed by atoms with Crippen LogP contribution in [0.5, 0.6) is 17.2 Å². The Kier molecular flexibility index (Phi) is 8.49. The molecular weight excluding hydrogens is 454 g/mol. The summed E-state index contributed by atoms with van der Waals surface area (Å²) in [6, 6.07) is 19.2. The number of hydrogen-bond acceptors (Lipinski definition) is 8. The summed E-state index contributed by atoms with van der Waals surface area (Å²) in [4.78, 5) is 35.2. The van der Waals surface area contributed by atoms with E-state index in [-0.39, 0.29) is 17.2 Å². The lowest BCUT2D eigenvalue weighted by Crippen LogP contribution is -2.33. The number of para-hydroxylation sites is 2. The van der Waals surface area contributed by atoms with Crippen LogP contribution in [0.1, 0.15) is 29.8 Å². The first kappa shape index (κ1) is 24.9. The Morgan fingerprint density at radius 2 is 1.74 bits per heavy atom. The molecule has 0 saturated carbocycles. The minimum Gasteiger partial charge on any atom is -0.490 e. The van der Waals surface area contributed by atoms with Crippen molar-refractivity contribution in [1.82, 2.24) is 5.43 Å². The zero-order valence-corrected chi connectivity index (χ0v) is 19.0. The van der Waals surface area contributed by atoms with Crippen molar-refractivity contribution in [3.05, 3.63) is 94.0 Å². The van der Waals surface area contributed by atoms with Crippen LogP contribution >= 0.6 is 0 Å². The zero-order valence-electron chi connectivity index (χ0n) is 19.0. The third-order valence-electron chi connectivity index (χ3n) is 4.60. The van der Waals surface area contributed by atoms with Gasteiger partial charge in [-0.25, -0.2) is 10.2 Å². The first-order valence-electron chi connectivity index (χ1n) is 10.7. The molecule has 1 N–H and O–H groups in total. The maximum atomic E-state index is 12.4. The molecule has 0 spiro atoms. The fourth-order valence-corrected chi connectivity index (χ4v) is 2.90. The number of nitro benzene ring substituents is 1. The third-order valence-corrected chi connectivity index (χ3v) is 4.60. The molecule has 0 aliphatic heterocycles. The van der Waals surface area contributed by atoms with Gasteiger partial charge in [-0.1, -0.05) is 30.3 Å². The monoisotopic (exact) mass is 477 g/mol. The molecule has 1 atom stereocenters. The maximum absolute atomic E-state index is 12.4. The minimum atomic E-state index is -1.04. The van der Waals surface area contributed by atoms with Gasteiger partial charge in [0.1, 0.15) is 0 Å². The van der Waals surface area contributed by atoms with E-state index in [2.05, 4.69) is 10.5 Å². The van der Waals surface area contributed by atoms with Crippen LogP contribution in [-0.2, 0) is 4.79 Å². The predicted octanol–water partition coefficient (Wildman–Crippen LogP) is 4.13. The molecule has 180 valence electrons. The van der Waals surface area contributed by atoms with Gasteiger partial charge in [-0.3, -0.25) is 14.9 Å². The number of hydrogen-bond donors (Lipinski definition) is 1. The Hall–Kier alpha value is -4.73. The van der Waals surface area contributed by atoms with E-state index >= 15 is 0 Å². The van der Waals surface area contributed by atoms with Crippen LogP contribution in [0, 0.1) is 10.1 Å². The quantitative estimate of drug-likeness (QED) is 0.153. The molecule has 0 radical (unpaired) electrons. The van der Waals surface area contributed by atoms with Crippen LogP contribution < -0.4 is 19.6 Å². The number of nitro groups is 1. The van der Waals surface area contributed by atoms with E-state index in [0.717, 1.165) is 0 Å². The number of amides is 1. The number of nitrogens with one attached hydrogen (secondary N) is 1. The van der Waals surface area contributed by atoms with Crippen LogP contribution in [0.4, 0.5) is 5.69 Å². The largest absolute Gasteiger partial charge is 0.490 e. The number of benzene rings is 3. The van der Waals surface area contributed by atoms with Gasteiger partial charge in [-0.2, -0.15) is 5.10 Å². The molecule has 0 bridgehead atoms. The Morgan fingerprint density at radius 3 is 2.46 bits per heavy atom. The average molecular weight is 477 g/mol. The van der Waals surface area contributed by atoms with E-state index in [1.165, 1.54) is 31.3 Å². The predicted molar refractivity (Wildman–Crippen MR) is 128 cm³/mol. The summed E-state index contributed by atoms with van der Waals surface area (Å²) >= 11 is 0. The summed E-state index contributed by atoms with van der Waals surface area (Å²) in [5, 5.41) is 15.0. The molecule has 1 unspecified atom stereocenters. The van der Waals surface area contributed by atoms with Crippen molar-refractivity contribution in [1.29, 1.82) is 0 Å². The fraction of sp³-hybridized carbons (Fsp3) is 0.160. The summed E-state index contributed by atoms with van der Waals surface area (Å²) < 4.78 is 16.4. The molecule has 35 heavy (non-hydrogen) atoms. The molecule has 3 aromatic rings. The van der Waals surface area contributed by atoms with Gasteiger partial charge in [-0.15, -0.1) is 0 Å². The van der Waals surface area contributed by atoms with Crippen molar-refractivity contribution >= 4 is 23.8 Å². The van der Waals surface area contributed by atoms with Gasteiger partial charge in [0.25, 0.3) is 5.91 Å². The average Bonchev–Trinajstić information content (AvgIpc) is 2.86. The highest BCUT2D eigenvalue weighted by Crippen LogP contribution is 2.29. The number of ether oxygens (including phenoxy) is 3. The molecule has 0 heterocycles. The van der Waals surface area contributed by atoms with E-state index in [4.69, 9.17) is 14.2 Å². The number of rotatable bonds is 10. The highest BCUT2D eigenvalue weighted by molar-refractivity contribution is 5.91. The van der Waals surface area contributed by atoms with Gasteiger partial charge in [0.2, 0.25) is 0 Å². The van der Waals surface area contributed by atoms with Crippen LogP contribution in [0.15, 0.2) is 77.9 Å². The fourth-order valence-electron chi connectivity index (χ4n) is 2.90. The summed E-state index contributed by atoms with van der Waals surface area (Å²) in [5.74, 6) is -0.564. The molecule has 0 aliphatic rings. The van der Waals surface area contributed by atoms with Crippen LogP contribution in [0.3, 0.4) is 0 Å². The molecule has 10 nitrogen and oxygen atoms in total. The number of esters is 1. The van der Waals surface area contributed by atoms with Crippen molar-refractivity contribution < 1.29 is 28.7 Å². The number of carbonyl (C=O) groups is 2. The molecule has 0 aliphatic carbocycles. The van der Waals surface area contributed by atoms with Crippen molar-refractivity contribution in [2.24, 2.45) is 5.10 Å². The van der Waals surface area contributed by atoms with Gasteiger partial charge < -0.3 is 14.2 Å². The molecule has 10 heteroatoms. The standard InChI is InChI=1S/C25H23N3O7/c1-3-33-23-15-18(13-14-22(23)35-25(30)19-9-5-4-6-10-19)16-26-27-24(29)17(2)34-21-12-8-7-11-20(21)28(31)32/h4-17H,3H2,1-2H3,(H,27,29)/b26-16+. The van der Waals surface area contributed by atoms with E-state index in [1.54, 1.807) is 61.5 Å². The Labute approximate surface area is 201 Å². The van der Waals surface area contributed by atoms with Crippen LogP contribution in [-0.4, -0.2) is 35.7 Å². The van der Waals surface area contributed by atoms with E-state index < -0.39 is 22.9 Å². The Bertz CT molecular complexity index is 1230. The molecule has 0 aromatic heterocycles. The van der Waals surface area contributed by atoms with Crippen molar-refractivity contribution in [3.63, 3.8) is 0 Å². The zero-order chi connectivity index (χ0) is 25.2. The van der Waals surface area contributed by atoms with E-state index in [1.807, 2.05) is 0 Å². The topological polar surface area (TPSA) is 129 Å². The molecule has 1 amide bonds. The summed E-state index contributed by atoms with van der Waals surface area (Å²) in [7, 11) is 0. The SMILES string of the molecule is CCOc1cc(/C=N/NC(=O)C(C)Oc2ccccc2[N+](=O)[O-])ccc1OC(=O)c1ccccc1. The summed E-state index contributed by atoms with van der Waals surface area (Å²) in [6.45, 7) is 3.58.